The van der Waals surface area contributed by atoms with E-state index in [1.807, 2.05) is 26.8 Å². The van der Waals surface area contributed by atoms with Crippen LogP contribution in [0, 0.1) is 0 Å². The van der Waals surface area contributed by atoms with Crippen LogP contribution in [0.15, 0.2) is 23.6 Å². The first-order valence-electron chi connectivity index (χ1n) is 4.31. The van der Waals surface area contributed by atoms with E-state index in [0.29, 0.717) is 6.42 Å². The van der Waals surface area contributed by atoms with Crippen molar-refractivity contribution >= 4 is 0 Å². The Morgan fingerprint density at radius 2 is 1.82 bits per heavy atom. The van der Waals surface area contributed by atoms with Gasteiger partial charge in [0.2, 0.25) is 0 Å². The molecule has 0 aromatic rings. The van der Waals surface area contributed by atoms with Crippen LogP contribution in [-0.4, -0.2) is 0 Å². The van der Waals surface area contributed by atoms with Gasteiger partial charge in [-0.15, -0.1) is 0 Å². The van der Waals surface area contributed by atoms with Gasteiger partial charge in [-0.3, -0.25) is 0 Å². The molecular weight excluding hydrogens is 139 g/mol. The molecule has 0 aliphatic heterocycles. The number of hydrogen-bond acceptors (Lipinski definition) is 0. The highest BCUT2D eigenvalue weighted by molar-refractivity contribution is 5.15. The predicted octanol–water partition coefficient (Wildman–Crippen LogP) is 4.00. The Morgan fingerprint density at radius 1 is 1.18 bits per heavy atom. The van der Waals surface area contributed by atoms with Gasteiger partial charge in [0.05, 0.1) is 5.83 Å². The minimum Gasteiger partial charge on any atom is -0.212 e. The van der Waals surface area contributed by atoms with E-state index in [0.717, 1.165) is 12.8 Å². The van der Waals surface area contributed by atoms with Crippen molar-refractivity contribution in [3.8, 4) is 0 Å². The summed E-state index contributed by atoms with van der Waals surface area (Å²) in [6.45, 7) is 6.04. The van der Waals surface area contributed by atoms with Crippen molar-refractivity contribution < 1.29 is 4.39 Å². The first-order chi connectivity index (χ1) is 5.29. The van der Waals surface area contributed by atoms with Crippen LogP contribution >= 0.6 is 0 Å². The van der Waals surface area contributed by atoms with Gasteiger partial charge in [0.15, 0.2) is 0 Å². The molecule has 0 unspecified atom stereocenters. The molecule has 0 atom stereocenters. The van der Waals surface area contributed by atoms with Gasteiger partial charge in [-0.1, -0.05) is 25.5 Å². The molecule has 1 aliphatic rings. The lowest BCUT2D eigenvalue weighted by atomic mass is 10.1. The molecule has 0 aromatic heterocycles. The van der Waals surface area contributed by atoms with E-state index < -0.39 is 0 Å². The maximum atomic E-state index is 12.4. The molecule has 64 valence electrons. The highest BCUT2D eigenvalue weighted by Crippen LogP contribution is 2.17. The Balaban J connectivity index is 0.000000461. The zero-order chi connectivity index (χ0) is 8.69. The lowest BCUT2D eigenvalue weighted by Gasteiger charge is -1.92. The Bertz CT molecular complexity index is 136. The third-order valence-electron chi connectivity index (χ3n) is 1.54. The second-order valence-corrected chi connectivity index (χ2v) is 2.48. The minimum absolute atomic E-state index is 0.0202. The summed E-state index contributed by atoms with van der Waals surface area (Å²) in [7, 11) is 0. The molecule has 0 heterocycles. The molecule has 0 radical (unpaired) electrons. The Labute approximate surface area is 68.8 Å². The monoisotopic (exact) mass is 156 g/mol. The molecule has 0 amide bonds. The third kappa shape index (κ3) is 4.77. The summed E-state index contributed by atoms with van der Waals surface area (Å²) >= 11 is 0. The van der Waals surface area contributed by atoms with Gasteiger partial charge < -0.3 is 0 Å². The number of allylic oxidation sites excluding steroid dienone is 4. The number of halogens is 1. The molecule has 0 bridgehead atoms. The molecule has 0 saturated heterocycles. The van der Waals surface area contributed by atoms with E-state index in [1.165, 1.54) is 5.57 Å². The van der Waals surface area contributed by atoms with E-state index >= 15 is 0 Å². The molecule has 0 aromatic carbocycles. The van der Waals surface area contributed by atoms with Crippen molar-refractivity contribution in [1.29, 1.82) is 0 Å². The van der Waals surface area contributed by atoms with E-state index in [-0.39, 0.29) is 5.83 Å². The second kappa shape index (κ2) is 6.14. The Kier molecular flexibility index (Phi) is 5.81. The van der Waals surface area contributed by atoms with Crippen molar-refractivity contribution in [2.75, 3.05) is 0 Å². The molecule has 0 nitrogen and oxygen atoms in total. The summed E-state index contributed by atoms with van der Waals surface area (Å²) in [6.07, 6.45) is 6.06. The van der Waals surface area contributed by atoms with Crippen LogP contribution in [0.5, 0.6) is 0 Å². The van der Waals surface area contributed by atoms with Crippen molar-refractivity contribution in [2.24, 2.45) is 0 Å². The first kappa shape index (κ1) is 10.4. The molecule has 11 heavy (non-hydrogen) atoms. The van der Waals surface area contributed by atoms with Crippen LogP contribution < -0.4 is 0 Å². The average molecular weight is 156 g/mol. The van der Waals surface area contributed by atoms with Crippen LogP contribution in [0.1, 0.15) is 40.0 Å². The largest absolute Gasteiger partial charge is 0.212 e. The Morgan fingerprint density at radius 3 is 2.45 bits per heavy atom. The van der Waals surface area contributed by atoms with Gasteiger partial charge in [0.1, 0.15) is 0 Å². The van der Waals surface area contributed by atoms with E-state index in [9.17, 15) is 4.39 Å². The summed E-state index contributed by atoms with van der Waals surface area (Å²) < 4.78 is 12.4. The zero-order valence-corrected chi connectivity index (χ0v) is 7.65. The first-order valence-corrected chi connectivity index (χ1v) is 4.31. The maximum Gasteiger partial charge on any atom is 0.0999 e. The lowest BCUT2D eigenvalue weighted by molar-refractivity contribution is 0.577. The fourth-order valence-electron chi connectivity index (χ4n) is 0.935. The molecule has 1 rings (SSSR count). The van der Waals surface area contributed by atoms with Crippen LogP contribution in [-0.2, 0) is 0 Å². The van der Waals surface area contributed by atoms with Gasteiger partial charge >= 0.3 is 0 Å². The maximum absolute atomic E-state index is 12.4. The zero-order valence-electron chi connectivity index (χ0n) is 7.65. The summed E-state index contributed by atoms with van der Waals surface area (Å²) in [4.78, 5) is 0. The fraction of sp³-hybridized carbons (Fsp3) is 0.600. The van der Waals surface area contributed by atoms with Crippen LogP contribution in [0.25, 0.3) is 0 Å². The van der Waals surface area contributed by atoms with E-state index in [4.69, 9.17) is 0 Å². The standard InChI is InChI=1S/C8H11F.C2H6/c1-7-3-2-4-8(9)6-5-7;1-2/h5-6H,2-4H2,1H3;1-2H3. The quantitative estimate of drug-likeness (QED) is 0.497. The normalized spacial score (nSPS) is 17.1. The smallest absolute Gasteiger partial charge is 0.0999 e. The van der Waals surface area contributed by atoms with Crippen molar-refractivity contribution in [1.82, 2.24) is 0 Å². The molecule has 0 spiro atoms. The Hall–Kier alpha value is -0.590. The van der Waals surface area contributed by atoms with Crippen LogP contribution in [0.2, 0.25) is 0 Å². The lowest BCUT2D eigenvalue weighted by Crippen LogP contribution is -1.74. The van der Waals surface area contributed by atoms with Gasteiger partial charge in [-0.05, 0) is 32.3 Å². The molecule has 0 saturated carbocycles. The molecule has 0 N–H and O–H groups in total. The van der Waals surface area contributed by atoms with Crippen molar-refractivity contribution in [3.05, 3.63) is 23.6 Å². The number of rotatable bonds is 0. The average Bonchev–Trinajstić information content (AvgIpc) is 2.20. The third-order valence-corrected chi connectivity index (χ3v) is 1.54. The highest BCUT2D eigenvalue weighted by atomic mass is 19.1. The predicted molar refractivity (Wildman–Crippen MR) is 48.1 cm³/mol. The fourth-order valence-corrected chi connectivity index (χ4v) is 0.935. The SMILES string of the molecule is CC.CC1=CC=C(F)CCC1. The summed E-state index contributed by atoms with van der Waals surface area (Å²) in [5.41, 5.74) is 1.28. The van der Waals surface area contributed by atoms with Crippen LogP contribution in [0.3, 0.4) is 0 Å². The summed E-state index contributed by atoms with van der Waals surface area (Å²) in [5.74, 6) is 0.0202. The van der Waals surface area contributed by atoms with E-state index in [2.05, 4.69) is 0 Å². The molecular formula is C10H17F. The summed E-state index contributed by atoms with van der Waals surface area (Å²) in [6, 6.07) is 0. The number of hydrogen-bond donors (Lipinski definition) is 0. The van der Waals surface area contributed by atoms with Crippen molar-refractivity contribution in [2.45, 2.75) is 40.0 Å². The van der Waals surface area contributed by atoms with Crippen LogP contribution in [0.4, 0.5) is 4.39 Å². The van der Waals surface area contributed by atoms with Gasteiger partial charge in [-0.2, -0.15) is 0 Å². The highest BCUT2D eigenvalue weighted by Gasteiger charge is 1.98. The van der Waals surface area contributed by atoms with E-state index in [1.54, 1.807) is 6.08 Å². The summed E-state index contributed by atoms with van der Waals surface area (Å²) in [5, 5.41) is 0. The van der Waals surface area contributed by atoms with Gasteiger partial charge in [0, 0.05) is 0 Å². The van der Waals surface area contributed by atoms with Crippen molar-refractivity contribution in [3.63, 3.8) is 0 Å². The molecule has 1 heteroatoms. The molecule has 0 fully saturated rings. The second-order valence-electron chi connectivity index (χ2n) is 2.48. The topological polar surface area (TPSA) is 0 Å². The van der Waals surface area contributed by atoms with Gasteiger partial charge in [-0.25, -0.2) is 4.39 Å². The van der Waals surface area contributed by atoms with Gasteiger partial charge in [0.25, 0.3) is 0 Å². The minimum atomic E-state index is 0.0202. The molecule has 1 aliphatic carbocycles.